The number of hydrogen-bond acceptors (Lipinski definition) is 4. The van der Waals surface area contributed by atoms with Crippen LogP contribution in [-0.4, -0.2) is 23.0 Å². The van der Waals surface area contributed by atoms with Gasteiger partial charge in [-0.25, -0.2) is 0 Å². The van der Waals surface area contributed by atoms with Crippen LogP contribution in [0.2, 0.25) is 0 Å². The molecule has 1 aromatic heterocycles. The lowest BCUT2D eigenvalue weighted by Gasteiger charge is -2.20. The second-order valence-electron chi connectivity index (χ2n) is 5.13. The Kier molecular flexibility index (Phi) is 4.09. The van der Waals surface area contributed by atoms with Gasteiger partial charge in [0.15, 0.2) is 5.84 Å². The maximum Gasteiger partial charge on any atom is 0.261 e. The van der Waals surface area contributed by atoms with E-state index in [2.05, 4.69) is 10.5 Å². The summed E-state index contributed by atoms with van der Waals surface area (Å²) in [6.45, 7) is 3.83. The number of hydrogen-bond donors (Lipinski definition) is 3. The minimum atomic E-state index is -0.450. The van der Waals surface area contributed by atoms with Crippen LogP contribution in [0.4, 0.5) is 0 Å². The number of rotatable bonds is 4. The number of thiophene rings is 1. The predicted octanol–water partition coefficient (Wildman–Crippen LogP) is 1.74. The van der Waals surface area contributed by atoms with Crippen molar-refractivity contribution < 1.29 is 10.0 Å². The second kappa shape index (κ2) is 5.61. The molecule has 0 aliphatic heterocycles. The molecule has 1 atom stereocenters. The van der Waals surface area contributed by atoms with E-state index in [1.807, 2.05) is 19.9 Å². The van der Waals surface area contributed by atoms with E-state index >= 15 is 0 Å². The minimum Gasteiger partial charge on any atom is -0.409 e. The highest BCUT2D eigenvalue weighted by molar-refractivity contribution is 7.14. The van der Waals surface area contributed by atoms with E-state index in [4.69, 9.17) is 10.9 Å². The normalized spacial score (nSPS) is 16.5. The Labute approximate surface area is 116 Å². The Bertz CT molecular complexity index is 486. The van der Waals surface area contributed by atoms with Crippen LogP contribution in [0.3, 0.4) is 0 Å². The van der Waals surface area contributed by atoms with E-state index < -0.39 is 6.04 Å². The summed E-state index contributed by atoms with van der Waals surface area (Å²) < 4.78 is 0. The van der Waals surface area contributed by atoms with Crippen LogP contribution in [0.25, 0.3) is 0 Å². The van der Waals surface area contributed by atoms with E-state index in [9.17, 15) is 4.79 Å². The van der Waals surface area contributed by atoms with Crippen molar-refractivity contribution in [1.29, 1.82) is 0 Å². The molecule has 19 heavy (non-hydrogen) atoms. The third-order valence-corrected chi connectivity index (χ3v) is 4.59. The quantitative estimate of drug-likeness (QED) is 0.340. The summed E-state index contributed by atoms with van der Waals surface area (Å²) in [4.78, 5) is 14.2. The van der Waals surface area contributed by atoms with Gasteiger partial charge in [0.1, 0.15) is 0 Å². The first-order valence-electron chi connectivity index (χ1n) is 6.42. The van der Waals surface area contributed by atoms with Crippen molar-refractivity contribution in [2.75, 3.05) is 0 Å². The van der Waals surface area contributed by atoms with E-state index in [0.717, 1.165) is 12.8 Å². The van der Waals surface area contributed by atoms with Crippen molar-refractivity contribution in [2.24, 2.45) is 16.8 Å². The molecule has 6 heteroatoms. The third-order valence-electron chi connectivity index (χ3n) is 3.36. The highest BCUT2D eigenvalue weighted by Gasteiger charge is 2.24. The Morgan fingerprint density at radius 1 is 1.53 bits per heavy atom. The number of aryl methyl sites for hydroxylation is 2. The number of nitrogens with two attached hydrogens (primary N) is 1. The minimum absolute atomic E-state index is 0.0347. The number of carbonyl (C=O) groups excluding carboxylic acids is 1. The van der Waals surface area contributed by atoms with Crippen molar-refractivity contribution in [3.8, 4) is 0 Å². The summed E-state index contributed by atoms with van der Waals surface area (Å²) in [6.07, 6.45) is 3.32. The highest BCUT2D eigenvalue weighted by atomic mass is 32.1. The number of oxime groups is 1. The Morgan fingerprint density at radius 2 is 2.26 bits per heavy atom. The largest absolute Gasteiger partial charge is 0.409 e. The molecule has 2 rings (SSSR count). The summed E-state index contributed by atoms with van der Waals surface area (Å²) in [5.41, 5.74) is 6.90. The molecule has 0 aromatic carbocycles. The van der Waals surface area contributed by atoms with Gasteiger partial charge in [-0.1, -0.05) is 19.0 Å². The highest BCUT2D eigenvalue weighted by Crippen LogP contribution is 2.30. The Hall–Kier alpha value is -1.56. The van der Waals surface area contributed by atoms with Gasteiger partial charge in [-0.05, 0) is 36.8 Å². The summed E-state index contributed by atoms with van der Waals surface area (Å²) in [7, 11) is 0. The summed E-state index contributed by atoms with van der Waals surface area (Å²) in [6, 6.07) is 1.51. The SMILES string of the molecule is CC(C)C(NC(=O)c1cc2c(s1)CCC2)C(N)=NO. The van der Waals surface area contributed by atoms with Gasteiger partial charge < -0.3 is 16.3 Å². The lowest BCUT2D eigenvalue weighted by Crippen LogP contribution is -2.47. The van der Waals surface area contributed by atoms with Gasteiger partial charge in [-0.15, -0.1) is 11.3 Å². The fourth-order valence-electron chi connectivity index (χ4n) is 2.30. The van der Waals surface area contributed by atoms with Crippen LogP contribution in [0.1, 0.15) is 40.4 Å². The molecule has 1 heterocycles. The van der Waals surface area contributed by atoms with Gasteiger partial charge in [0.05, 0.1) is 10.9 Å². The van der Waals surface area contributed by atoms with Gasteiger partial charge in [-0.2, -0.15) is 0 Å². The summed E-state index contributed by atoms with van der Waals surface area (Å²) >= 11 is 1.55. The summed E-state index contributed by atoms with van der Waals surface area (Å²) in [5, 5.41) is 14.6. The number of nitrogens with zero attached hydrogens (tertiary/aromatic N) is 1. The molecule has 1 aliphatic carbocycles. The molecule has 4 N–H and O–H groups in total. The maximum atomic E-state index is 12.2. The molecule has 1 unspecified atom stereocenters. The number of carbonyl (C=O) groups is 1. The number of fused-ring (bicyclic) bond motifs is 1. The zero-order valence-corrected chi connectivity index (χ0v) is 12.0. The molecule has 104 valence electrons. The fraction of sp³-hybridized carbons (Fsp3) is 0.538. The van der Waals surface area contributed by atoms with Crippen molar-refractivity contribution in [1.82, 2.24) is 5.32 Å². The van der Waals surface area contributed by atoms with E-state index in [0.29, 0.717) is 4.88 Å². The average Bonchev–Trinajstić information content (AvgIpc) is 2.94. The molecule has 0 spiro atoms. The van der Waals surface area contributed by atoms with Gasteiger partial charge >= 0.3 is 0 Å². The van der Waals surface area contributed by atoms with Gasteiger partial charge in [0.25, 0.3) is 5.91 Å². The maximum absolute atomic E-state index is 12.2. The molecular formula is C13H19N3O2S. The standard InChI is InChI=1S/C13H19N3O2S/c1-7(2)11(12(14)16-18)15-13(17)10-6-8-4-3-5-9(8)19-10/h6-7,11,18H,3-5H2,1-2H3,(H2,14,16)(H,15,17). The van der Waals surface area contributed by atoms with Crippen LogP contribution in [0.15, 0.2) is 11.2 Å². The fourth-order valence-corrected chi connectivity index (χ4v) is 3.45. The van der Waals surface area contributed by atoms with Crippen molar-refractivity contribution in [3.63, 3.8) is 0 Å². The monoisotopic (exact) mass is 281 g/mol. The Balaban J connectivity index is 2.10. The van der Waals surface area contributed by atoms with Crippen LogP contribution < -0.4 is 11.1 Å². The van der Waals surface area contributed by atoms with Crippen molar-refractivity contribution in [3.05, 3.63) is 21.4 Å². The molecule has 1 aromatic rings. The van der Waals surface area contributed by atoms with Crippen molar-refractivity contribution >= 4 is 23.1 Å². The average molecular weight is 281 g/mol. The zero-order chi connectivity index (χ0) is 14.0. The molecule has 0 fully saturated rings. The topological polar surface area (TPSA) is 87.7 Å². The molecule has 0 radical (unpaired) electrons. The first kappa shape index (κ1) is 13.9. The molecule has 0 saturated carbocycles. The Morgan fingerprint density at radius 3 is 2.84 bits per heavy atom. The molecule has 5 nitrogen and oxygen atoms in total. The second-order valence-corrected chi connectivity index (χ2v) is 6.27. The number of amides is 1. The van der Waals surface area contributed by atoms with Crippen LogP contribution in [0, 0.1) is 5.92 Å². The molecule has 1 amide bonds. The van der Waals surface area contributed by atoms with Crippen molar-refractivity contribution in [2.45, 2.75) is 39.2 Å². The smallest absolute Gasteiger partial charge is 0.261 e. The lowest BCUT2D eigenvalue weighted by atomic mass is 10.0. The van der Waals surface area contributed by atoms with Gasteiger partial charge in [0, 0.05) is 4.88 Å². The zero-order valence-electron chi connectivity index (χ0n) is 11.1. The van der Waals surface area contributed by atoms with E-state index in [-0.39, 0.29) is 17.7 Å². The molecular weight excluding hydrogens is 262 g/mol. The van der Waals surface area contributed by atoms with Gasteiger partial charge in [-0.3, -0.25) is 4.79 Å². The lowest BCUT2D eigenvalue weighted by molar-refractivity contribution is 0.0943. The van der Waals surface area contributed by atoms with E-state index in [1.54, 1.807) is 11.3 Å². The van der Waals surface area contributed by atoms with E-state index in [1.165, 1.54) is 16.9 Å². The number of amidine groups is 1. The number of nitrogens with one attached hydrogen (secondary N) is 1. The van der Waals surface area contributed by atoms with Gasteiger partial charge in [0.2, 0.25) is 0 Å². The predicted molar refractivity (Wildman–Crippen MR) is 75.8 cm³/mol. The summed E-state index contributed by atoms with van der Waals surface area (Å²) in [5.74, 6) is -0.0520. The van der Waals surface area contributed by atoms with Crippen LogP contribution in [0.5, 0.6) is 0 Å². The molecule has 1 aliphatic rings. The molecule has 0 saturated heterocycles. The van der Waals surface area contributed by atoms with Crippen LogP contribution in [-0.2, 0) is 12.8 Å². The first-order valence-corrected chi connectivity index (χ1v) is 7.24. The third kappa shape index (κ3) is 2.89. The van der Waals surface area contributed by atoms with Crippen LogP contribution >= 0.6 is 11.3 Å². The first-order chi connectivity index (χ1) is 9.02. The molecule has 0 bridgehead atoms.